The maximum atomic E-state index is 10.8. The van der Waals surface area contributed by atoms with Gasteiger partial charge in [0, 0.05) is 45.4 Å². The minimum absolute atomic E-state index is 0.371. The van der Waals surface area contributed by atoms with E-state index in [1.807, 2.05) is 24.3 Å². The van der Waals surface area contributed by atoms with Crippen molar-refractivity contribution in [2.75, 3.05) is 59.5 Å². The van der Waals surface area contributed by atoms with Gasteiger partial charge in [0.2, 0.25) is 11.6 Å². The highest BCUT2D eigenvalue weighted by Gasteiger charge is 2.34. The molecule has 3 heterocycles. The van der Waals surface area contributed by atoms with Crippen LogP contribution in [0, 0.1) is 0 Å². The fraction of sp³-hybridized carbons (Fsp3) is 0.391. The Balaban J connectivity index is 1.68. The third-order valence-electron chi connectivity index (χ3n) is 5.42. The minimum atomic E-state index is -0.983. The van der Waals surface area contributed by atoms with Gasteiger partial charge in [-0.2, -0.15) is 9.78 Å². The Hall–Kier alpha value is -3.58. The van der Waals surface area contributed by atoms with Crippen molar-refractivity contribution in [1.29, 1.82) is 0 Å². The van der Waals surface area contributed by atoms with Gasteiger partial charge < -0.3 is 19.5 Å². The van der Waals surface area contributed by atoms with Crippen LogP contribution < -0.4 is 4.90 Å². The molecule has 3 aromatic rings. The molecule has 0 bridgehead atoms. The molecule has 4 rings (SSSR count). The molecule has 12 heteroatoms. The summed E-state index contributed by atoms with van der Waals surface area (Å²) in [7, 11) is 6.89. The third-order valence-corrected chi connectivity index (χ3v) is 5.42. The molecule has 1 unspecified atom stereocenters. The first kappa shape index (κ1) is 24.5. The van der Waals surface area contributed by atoms with E-state index < -0.39 is 6.23 Å². The second-order valence-electron chi connectivity index (χ2n) is 8.02. The Morgan fingerprint density at radius 2 is 1.69 bits per heavy atom. The van der Waals surface area contributed by atoms with E-state index >= 15 is 0 Å². The number of benzene rings is 1. The number of hydrogen-bond acceptors (Lipinski definition) is 11. The molecule has 35 heavy (non-hydrogen) atoms. The number of ether oxygens (including phenoxy) is 2. The molecule has 0 fully saturated rings. The summed E-state index contributed by atoms with van der Waals surface area (Å²) in [4.78, 5) is 17.0. The van der Waals surface area contributed by atoms with Crippen molar-refractivity contribution in [3.05, 3.63) is 48.7 Å². The molecule has 1 aliphatic heterocycles. The van der Waals surface area contributed by atoms with Crippen molar-refractivity contribution in [3.63, 3.8) is 0 Å². The van der Waals surface area contributed by atoms with E-state index in [1.54, 1.807) is 51.8 Å². The standard InChI is InChI=1S/C23H29N9O3/c1-30(2)23(33)20-19(22-28-27-21(32(22)29-20)18-15-24-9-10-25-18)26-16-5-7-17(8-6-16)31(11-13-34-3)12-14-35-4/h5-10,15,23,33H,11-14H2,1-4H3. The van der Waals surface area contributed by atoms with Gasteiger partial charge in [-0.1, -0.05) is 0 Å². The van der Waals surface area contributed by atoms with Crippen molar-refractivity contribution in [3.8, 4) is 11.5 Å². The Morgan fingerprint density at radius 3 is 2.29 bits per heavy atom. The van der Waals surface area contributed by atoms with E-state index in [4.69, 9.17) is 14.5 Å². The lowest BCUT2D eigenvalue weighted by Gasteiger charge is -2.24. The molecule has 0 saturated carbocycles. The van der Waals surface area contributed by atoms with Crippen LogP contribution in [0.4, 0.5) is 11.4 Å². The van der Waals surface area contributed by atoms with Gasteiger partial charge >= 0.3 is 0 Å². The summed E-state index contributed by atoms with van der Waals surface area (Å²) in [5.74, 6) is 0.844. The number of hydrogen-bond donors (Lipinski definition) is 1. The van der Waals surface area contributed by atoms with E-state index in [9.17, 15) is 5.11 Å². The van der Waals surface area contributed by atoms with Crippen LogP contribution in [0.25, 0.3) is 11.5 Å². The van der Waals surface area contributed by atoms with Gasteiger partial charge in [-0.15, -0.1) is 10.2 Å². The average molecular weight is 480 g/mol. The third kappa shape index (κ3) is 5.41. The summed E-state index contributed by atoms with van der Waals surface area (Å²) in [5.41, 5.74) is 3.06. The van der Waals surface area contributed by atoms with Crippen LogP contribution in [0.1, 0.15) is 5.82 Å². The number of fused-ring (bicyclic) bond motifs is 1. The maximum absolute atomic E-state index is 10.8. The first-order chi connectivity index (χ1) is 17.0. The van der Waals surface area contributed by atoms with Crippen molar-refractivity contribution in [2.24, 2.45) is 10.1 Å². The van der Waals surface area contributed by atoms with Crippen LogP contribution in [-0.2, 0) is 9.47 Å². The summed E-state index contributed by atoms with van der Waals surface area (Å²) < 4.78 is 12.0. The predicted octanol–water partition coefficient (Wildman–Crippen LogP) is 1.05. The largest absolute Gasteiger partial charge is 0.383 e. The van der Waals surface area contributed by atoms with E-state index in [0.717, 1.165) is 18.8 Å². The zero-order valence-corrected chi connectivity index (χ0v) is 20.2. The first-order valence-corrected chi connectivity index (χ1v) is 11.1. The Morgan fingerprint density at radius 1 is 1.00 bits per heavy atom. The van der Waals surface area contributed by atoms with Crippen molar-refractivity contribution in [2.45, 2.75) is 6.23 Å². The van der Waals surface area contributed by atoms with E-state index in [-0.39, 0.29) is 0 Å². The number of anilines is 1. The number of rotatable bonds is 11. The highest BCUT2D eigenvalue weighted by molar-refractivity contribution is 6.50. The zero-order chi connectivity index (χ0) is 24.8. The van der Waals surface area contributed by atoms with Gasteiger partial charge in [-0.3, -0.25) is 9.88 Å². The predicted molar refractivity (Wildman–Crippen MR) is 132 cm³/mol. The van der Waals surface area contributed by atoms with Gasteiger partial charge in [0.05, 0.1) is 25.1 Å². The van der Waals surface area contributed by atoms with E-state index in [2.05, 4.69) is 30.2 Å². The first-order valence-electron chi connectivity index (χ1n) is 11.1. The summed E-state index contributed by atoms with van der Waals surface area (Å²) in [5, 5.41) is 23.9. The van der Waals surface area contributed by atoms with E-state index in [0.29, 0.717) is 47.7 Å². The van der Waals surface area contributed by atoms with Crippen molar-refractivity contribution < 1.29 is 14.6 Å². The topological polar surface area (TPSA) is 126 Å². The molecule has 184 valence electrons. The van der Waals surface area contributed by atoms with E-state index in [1.165, 1.54) is 4.68 Å². The van der Waals surface area contributed by atoms with Crippen LogP contribution >= 0.6 is 0 Å². The van der Waals surface area contributed by atoms with Crippen LogP contribution in [0.15, 0.2) is 52.9 Å². The number of aliphatic imine (C=N–C) groups is 1. The van der Waals surface area contributed by atoms with Gasteiger partial charge in [0.1, 0.15) is 17.1 Å². The number of nitrogens with zero attached hydrogens (tertiary/aromatic N) is 9. The number of aliphatic hydroxyl groups excluding tert-OH is 1. The summed E-state index contributed by atoms with van der Waals surface area (Å²) >= 11 is 0. The lowest BCUT2D eigenvalue weighted by Crippen LogP contribution is -2.38. The molecule has 0 radical (unpaired) electrons. The van der Waals surface area contributed by atoms with Gasteiger partial charge in [0.15, 0.2) is 6.23 Å². The van der Waals surface area contributed by atoms with Gasteiger partial charge in [-0.25, -0.2) is 9.98 Å². The molecule has 0 amide bonds. The van der Waals surface area contributed by atoms with Crippen LogP contribution in [-0.4, -0.2) is 107 Å². The van der Waals surface area contributed by atoms with Crippen molar-refractivity contribution in [1.82, 2.24) is 29.7 Å². The van der Waals surface area contributed by atoms with Crippen molar-refractivity contribution >= 4 is 22.8 Å². The molecule has 12 nitrogen and oxygen atoms in total. The minimum Gasteiger partial charge on any atom is -0.383 e. The zero-order valence-electron chi connectivity index (χ0n) is 20.2. The molecule has 1 aromatic carbocycles. The number of aliphatic hydroxyl groups is 1. The lowest BCUT2D eigenvalue weighted by atomic mass is 10.2. The Kier molecular flexibility index (Phi) is 7.87. The second-order valence-corrected chi connectivity index (χ2v) is 8.02. The number of aromatic nitrogens is 5. The monoisotopic (exact) mass is 479 g/mol. The SMILES string of the molecule is COCCN(CCOC)c1ccc(N=C2C(C(O)N(C)C)=Nn3c2nnc3-c2cnccn2)cc1. The lowest BCUT2D eigenvalue weighted by molar-refractivity contribution is 0.103. The highest BCUT2D eigenvalue weighted by atomic mass is 16.5. The molecule has 0 spiro atoms. The Labute approximate surface area is 203 Å². The van der Waals surface area contributed by atoms with Gasteiger partial charge in [0.25, 0.3) is 0 Å². The fourth-order valence-corrected chi connectivity index (χ4v) is 3.53. The average Bonchev–Trinajstić information content (AvgIpc) is 3.45. The van der Waals surface area contributed by atoms with Crippen LogP contribution in [0.3, 0.4) is 0 Å². The summed E-state index contributed by atoms with van der Waals surface area (Å²) in [6.07, 6.45) is 3.76. The molecule has 1 atom stereocenters. The molecule has 0 saturated heterocycles. The van der Waals surface area contributed by atoms with Crippen LogP contribution in [0.2, 0.25) is 0 Å². The maximum Gasteiger partial charge on any atom is 0.205 e. The molecule has 1 aliphatic rings. The normalized spacial score (nSPS) is 14.9. The molecule has 0 aliphatic carbocycles. The summed E-state index contributed by atoms with van der Waals surface area (Å²) in [6.45, 7) is 2.71. The molecular weight excluding hydrogens is 450 g/mol. The molecular formula is C23H29N9O3. The second kappa shape index (κ2) is 11.2. The summed E-state index contributed by atoms with van der Waals surface area (Å²) in [6, 6.07) is 7.82. The van der Waals surface area contributed by atoms with Gasteiger partial charge in [-0.05, 0) is 38.4 Å². The molecule has 1 N–H and O–H groups in total. The highest BCUT2D eigenvalue weighted by Crippen LogP contribution is 2.25. The number of methoxy groups -OCH3 is 2. The quantitative estimate of drug-likeness (QED) is 0.402. The Bertz CT molecular complexity index is 1170. The van der Waals surface area contributed by atoms with Crippen LogP contribution in [0.5, 0.6) is 0 Å². The molecule has 2 aromatic heterocycles. The fourth-order valence-electron chi connectivity index (χ4n) is 3.53. The smallest absolute Gasteiger partial charge is 0.205 e.